The maximum absolute atomic E-state index is 12.2. The van der Waals surface area contributed by atoms with Gasteiger partial charge in [0.25, 0.3) is 0 Å². The van der Waals surface area contributed by atoms with Crippen molar-refractivity contribution in [3.05, 3.63) is 35.9 Å². The Kier molecular flexibility index (Phi) is 5.84. The van der Waals surface area contributed by atoms with Crippen LogP contribution < -0.4 is 14.8 Å². The Morgan fingerprint density at radius 2 is 2.00 bits per heavy atom. The number of carboxylic acids is 1. The summed E-state index contributed by atoms with van der Waals surface area (Å²) >= 11 is 0. The van der Waals surface area contributed by atoms with Gasteiger partial charge in [0.05, 0.1) is 26.1 Å². The fourth-order valence-corrected chi connectivity index (χ4v) is 2.95. The highest BCUT2D eigenvalue weighted by atomic mass is 16.5. The second-order valence-corrected chi connectivity index (χ2v) is 5.83. The number of benzene rings is 1. The Morgan fingerprint density at radius 3 is 2.50 bits per heavy atom. The number of ether oxygens (including phenoxy) is 2. The van der Waals surface area contributed by atoms with E-state index in [2.05, 4.69) is 11.9 Å². The highest BCUT2D eigenvalue weighted by Gasteiger charge is 2.41. The average molecular weight is 333 g/mol. The maximum Gasteiger partial charge on any atom is 0.307 e. The van der Waals surface area contributed by atoms with E-state index in [0.717, 1.165) is 11.1 Å². The van der Waals surface area contributed by atoms with E-state index in [1.54, 1.807) is 26.4 Å². The van der Waals surface area contributed by atoms with Crippen molar-refractivity contribution in [3.63, 3.8) is 0 Å². The zero-order chi connectivity index (χ0) is 17.7. The van der Waals surface area contributed by atoms with Crippen molar-refractivity contribution in [2.75, 3.05) is 14.2 Å². The molecule has 6 nitrogen and oxygen atoms in total. The van der Waals surface area contributed by atoms with Gasteiger partial charge < -0.3 is 19.9 Å². The molecule has 0 heterocycles. The van der Waals surface area contributed by atoms with Gasteiger partial charge in [-0.25, -0.2) is 0 Å². The smallest absolute Gasteiger partial charge is 0.307 e. The van der Waals surface area contributed by atoms with E-state index in [-0.39, 0.29) is 5.91 Å². The van der Waals surface area contributed by atoms with Crippen molar-refractivity contribution in [1.82, 2.24) is 5.32 Å². The summed E-state index contributed by atoms with van der Waals surface area (Å²) in [5.41, 5.74) is 1.78. The van der Waals surface area contributed by atoms with Crippen molar-refractivity contribution >= 4 is 11.9 Å². The molecule has 0 spiro atoms. The SMILES string of the molecule is C=CCc1cc(CNC(=O)C2CCC2C(=O)O)cc(OC)c1OC. The van der Waals surface area contributed by atoms with Crippen LogP contribution in [0.25, 0.3) is 0 Å². The summed E-state index contributed by atoms with van der Waals surface area (Å²) in [4.78, 5) is 23.2. The van der Waals surface area contributed by atoms with E-state index < -0.39 is 17.8 Å². The van der Waals surface area contributed by atoms with Crippen LogP contribution in [-0.2, 0) is 22.6 Å². The normalized spacial score (nSPS) is 19.1. The molecule has 1 saturated carbocycles. The van der Waals surface area contributed by atoms with Crippen molar-refractivity contribution in [2.45, 2.75) is 25.8 Å². The van der Waals surface area contributed by atoms with Crippen LogP contribution in [0.5, 0.6) is 11.5 Å². The quantitative estimate of drug-likeness (QED) is 0.712. The minimum atomic E-state index is -0.902. The summed E-state index contributed by atoms with van der Waals surface area (Å²) < 4.78 is 10.7. The van der Waals surface area contributed by atoms with Gasteiger partial charge in [-0.3, -0.25) is 9.59 Å². The zero-order valence-corrected chi connectivity index (χ0v) is 14.0. The molecule has 130 valence electrons. The number of hydrogen-bond donors (Lipinski definition) is 2. The number of hydrogen-bond acceptors (Lipinski definition) is 4. The first-order valence-corrected chi connectivity index (χ1v) is 7.87. The van der Waals surface area contributed by atoms with Gasteiger partial charge in [-0.05, 0) is 37.0 Å². The first-order valence-electron chi connectivity index (χ1n) is 7.87. The first-order chi connectivity index (χ1) is 11.5. The molecular formula is C18H23NO5. The van der Waals surface area contributed by atoms with E-state index in [1.165, 1.54) is 0 Å². The van der Waals surface area contributed by atoms with Crippen LogP contribution in [0.15, 0.2) is 24.8 Å². The van der Waals surface area contributed by atoms with E-state index in [9.17, 15) is 9.59 Å². The van der Waals surface area contributed by atoms with Crippen molar-refractivity contribution in [2.24, 2.45) is 11.8 Å². The van der Waals surface area contributed by atoms with Crippen molar-refractivity contribution in [1.29, 1.82) is 0 Å². The number of carbonyl (C=O) groups excluding carboxylic acids is 1. The summed E-state index contributed by atoms with van der Waals surface area (Å²) in [5.74, 6) is -0.873. The molecule has 0 aromatic heterocycles. The molecule has 2 rings (SSSR count). The summed E-state index contributed by atoms with van der Waals surface area (Å²) in [6, 6.07) is 3.74. The number of rotatable bonds is 8. The third-order valence-corrected chi connectivity index (χ3v) is 4.37. The minimum Gasteiger partial charge on any atom is -0.493 e. The highest BCUT2D eigenvalue weighted by molar-refractivity contribution is 5.86. The number of aliphatic carboxylic acids is 1. The van der Waals surface area contributed by atoms with Crippen LogP contribution in [0, 0.1) is 11.8 Å². The van der Waals surface area contributed by atoms with Crippen LogP contribution in [-0.4, -0.2) is 31.2 Å². The Labute approximate surface area is 141 Å². The third kappa shape index (κ3) is 3.69. The zero-order valence-electron chi connectivity index (χ0n) is 14.0. The van der Waals surface area contributed by atoms with E-state index in [1.807, 2.05) is 6.07 Å². The summed E-state index contributed by atoms with van der Waals surface area (Å²) in [7, 11) is 3.14. The van der Waals surface area contributed by atoms with Gasteiger partial charge in [-0.2, -0.15) is 0 Å². The number of carbonyl (C=O) groups is 2. The third-order valence-electron chi connectivity index (χ3n) is 4.37. The molecular weight excluding hydrogens is 310 g/mol. The van der Waals surface area contributed by atoms with E-state index >= 15 is 0 Å². The Hall–Kier alpha value is -2.50. The number of carboxylic acid groups (broad SMARTS) is 1. The molecule has 6 heteroatoms. The molecule has 0 aliphatic heterocycles. The summed E-state index contributed by atoms with van der Waals surface area (Å²) in [5, 5.41) is 11.9. The van der Waals surface area contributed by atoms with Crippen LogP contribution in [0.1, 0.15) is 24.0 Å². The van der Waals surface area contributed by atoms with Crippen LogP contribution >= 0.6 is 0 Å². The second-order valence-electron chi connectivity index (χ2n) is 5.83. The summed E-state index contributed by atoms with van der Waals surface area (Å²) in [6.45, 7) is 4.05. The van der Waals surface area contributed by atoms with Gasteiger partial charge in [0.2, 0.25) is 5.91 Å². The lowest BCUT2D eigenvalue weighted by atomic mass is 9.73. The van der Waals surface area contributed by atoms with Crippen LogP contribution in [0.4, 0.5) is 0 Å². The second kappa shape index (κ2) is 7.86. The van der Waals surface area contributed by atoms with E-state index in [0.29, 0.717) is 37.3 Å². The molecule has 1 amide bonds. The van der Waals surface area contributed by atoms with E-state index in [4.69, 9.17) is 14.6 Å². The molecule has 1 aromatic carbocycles. The average Bonchev–Trinajstić information content (AvgIpc) is 2.51. The van der Waals surface area contributed by atoms with Gasteiger partial charge >= 0.3 is 5.97 Å². The minimum absolute atomic E-state index is 0.214. The molecule has 0 bridgehead atoms. The fourth-order valence-electron chi connectivity index (χ4n) is 2.95. The maximum atomic E-state index is 12.2. The monoisotopic (exact) mass is 333 g/mol. The standard InChI is InChI=1S/C18H23NO5/c1-4-5-12-8-11(9-15(23-2)16(12)24-3)10-19-17(20)13-6-7-14(13)18(21)22/h4,8-9,13-14H,1,5-7,10H2,2-3H3,(H,19,20)(H,21,22). The van der Waals surface area contributed by atoms with Crippen molar-refractivity contribution in [3.8, 4) is 11.5 Å². The van der Waals surface area contributed by atoms with Gasteiger partial charge in [0.15, 0.2) is 11.5 Å². The number of nitrogens with one attached hydrogen (secondary N) is 1. The largest absolute Gasteiger partial charge is 0.493 e. The molecule has 0 saturated heterocycles. The highest BCUT2D eigenvalue weighted by Crippen LogP contribution is 2.35. The predicted molar refractivity (Wildman–Crippen MR) is 89.1 cm³/mol. The molecule has 2 atom stereocenters. The lowest BCUT2D eigenvalue weighted by molar-refractivity contribution is -0.152. The molecule has 1 aliphatic rings. The lowest BCUT2D eigenvalue weighted by Crippen LogP contribution is -2.43. The Morgan fingerprint density at radius 1 is 1.29 bits per heavy atom. The van der Waals surface area contributed by atoms with Gasteiger partial charge in [0, 0.05) is 12.1 Å². The van der Waals surface area contributed by atoms with Crippen LogP contribution in [0.3, 0.4) is 0 Å². The number of amides is 1. The number of allylic oxidation sites excluding steroid dienone is 1. The van der Waals surface area contributed by atoms with Crippen molar-refractivity contribution < 1.29 is 24.2 Å². The molecule has 1 fully saturated rings. The molecule has 24 heavy (non-hydrogen) atoms. The Balaban J connectivity index is 2.09. The Bertz CT molecular complexity index is 641. The first kappa shape index (κ1) is 17.8. The lowest BCUT2D eigenvalue weighted by Gasteiger charge is -2.31. The van der Waals surface area contributed by atoms with Gasteiger partial charge in [-0.15, -0.1) is 6.58 Å². The molecule has 1 aromatic rings. The van der Waals surface area contributed by atoms with Crippen LogP contribution in [0.2, 0.25) is 0 Å². The predicted octanol–water partition coefficient (Wildman–Crippen LogP) is 2.16. The fraction of sp³-hybridized carbons (Fsp3) is 0.444. The molecule has 1 aliphatic carbocycles. The van der Waals surface area contributed by atoms with Gasteiger partial charge in [0.1, 0.15) is 0 Å². The molecule has 2 unspecified atom stereocenters. The number of methoxy groups -OCH3 is 2. The summed E-state index contributed by atoms with van der Waals surface area (Å²) in [6.07, 6.45) is 3.57. The molecule has 2 N–H and O–H groups in total. The van der Waals surface area contributed by atoms with Gasteiger partial charge in [-0.1, -0.05) is 6.08 Å². The topological polar surface area (TPSA) is 84.9 Å². The molecule has 0 radical (unpaired) electrons.